The Bertz CT molecular complexity index is 561. The molecule has 19 heavy (non-hydrogen) atoms. The molecule has 1 rings (SSSR count). The molecular weight excluding hydrogens is 268 g/mol. The van der Waals surface area contributed by atoms with Crippen molar-refractivity contribution in [3.63, 3.8) is 0 Å². The molecule has 0 aromatic carbocycles. The summed E-state index contributed by atoms with van der Waals surface area (Å²) in [5.74, 6) is -0.421. The Balaban J connectivity index is 3.16. The Labute approximate surface area is 112 Å². The van der Waals surface area contributed by atoms with Gasteiger partial charge in [0.1, 0.15) is 5.82 Å². The summed E-state index contributed by atoms with van der Waals surface area (Å²) < 4.78 is 24.6. The van der Waals surface area contributed by atoms with Crippen LogP contribution in [0.3, 0.4) is 0 Å². The van der Waals surface area contributed by atoms with E-state index in [1.807, 2.05) is 0 Å². The third kappa shape index (κ3) is 4.49. The lowest BCUT2D eigenvalue weighted by Crippen LogP contribution is -2.47. The van der Waals surface area contributed by atoms with Crippen molar-refractivity contribution < 1.29 is 13.2 Å². The zero-order chi connectivity index (χ0) is 14.8. The van der Waals surface area contributed by atoms with E-state index >= 15 is 0 Å². The van der Waals surface area contributed by atoms with Gasteiger partial charge in [-0.2, -0.15) is 0 Å². The zero-order valence-corrected chi connectivity index (χ0v) is 11.9. The standard InChI is InChI=1S/C11H18N4O3S/c1-11(2,13)7-15(19(3,17)18)9-5-4-8(6-14-9)10(12)16/h4-6H,7,13H2,1-3H3,(H2,12,16). The fraction of sp³-hybridized carbons (Fsp3) is 0.455. The minimum atomic E-state index is -3.51. The Morgan fingerprint density at radius 2 is 2.00 bits per heavy atom. The minimum Gasteiger partial charge on any atom is -0.366 e. The van der Waals surface area contributed by atoms with Crippen molar-refractivity contribution in [2.45, 2.75) is 19.4 Å². The average Bonchev–Trinajstić information content (AvgIpc) is 2.23. The molecule has 106 valence electrons. The highest BCUT2D eigenvalue weighted by Gasteiger charge is 2.25. The molecule has 0 fully saturated rings. The van der Waals surface area contributed by atoms with Gasteiger partial charge in [0.25, 0.3) is 0 Å². The van der Waals surface area contributed by atoms with Crippen LogP contribution in [0.15, 0.2) is 18.3 Å². The fourth-order valence-electron chi connectivity index (χ4n) is 1.42. The molecule has 0 unspecified atom stereocenters. The van der Waals surface area contributed by atoms with Gasteiger partial charge in [0.05, 0.1) is 18.4 Å². The highest BCUT2D eigenvalue weighted by atomic mass is 32.2. The molecule has 8 heteroatoms. The van der Waals surface area contributed by atoms with Crippen LogP contribution >= 0.6 is 0 Å². The Morgan fingerprint density at radius 3 is 2.32 bits per heavy atom. The Kier molecular flexibility index (Phi) is 4.16. The van der Waals surface area contributed by atoms with Crippen molar-refractivity contribution in [3.05, 3.63) is 23.9 Å². The second-order valence-electron chi connectivity index (χ2n) is 5.03. The smallest absolute Gasteiger partial charge is 0.250 e. The maximum Gasteiger partial charge on any atom is 0.250 e. The highest BCUT2D eigenvalue weighted by molar-refractivity contribution is 7.92. The quantitative estimate of drug-likeness (QED) is 0.769. The van der Waals surface area contributed by atoms with E-state index in [2.05, 4.69) is 4.98 Å². The third-order valence-corrected chi connectivity index (χ3v) is 3.36. The first-order chi connectivity index (χ1) is 8.50. The largest absolute Gasteiger partial charge is 0.366 e. The van der Waals surface area contributed by atoms with E-state index in [0.717, 1.165) is 10.6 Å². The van der Waals surface area contributed by atoms with Crippen molar-refractivity contribution in [1.82, 2.24) is 4.98 Å². The number of pyridine rings is 1. The van der Waals surface area contributed by atoms with Gasteiger partial charge >= 0.3 is 0 Å². The molecule has 1 aromatic heterocycles. The molecule has 0 saturated heterocycles. The summed E-state index contributed by atoms with van der Waals surface area (Å²) in [6, 6.07) is 2.85. The van der Waals surface area contributed by atoms with E-state index < -0.39 is 21.5 Å². The number of nitrogens with zero attached hydrogens (tertiary/aromatic N) is 2. The van der Waals surface area contributed by atoms with E-state index in [-0.39, 0.29) is 17.9 Å². The average molecular weight is 286 g/mol. The molecule has 7 nitrogen and oxygen atoms in total. The predicted octanol–water partition coefficient (Wildman–Crippen LogP) is -0.316. The van der Waals surface area contributed by atoms with Crippen molar-refractivity contribution in [3.8, 4) is 0 Å². The van der Waals surface area contributed by atoms with Crippen LogP contribution in [0.5, 0.6) is 0 Å². The number of carbonyl (C=O) groups excluding carboxylic acids is 1. The number of aromatic nitrogens is 1. The highest BCUT2D eigenvalue weighted by Crippen LogP contribution is 2.17. The van der Waals surface area contributed by atoms with Crippen molar-refractivity contribution in [1.29, 1.82) is 0 Å². The number of primary amides is 1. The second kappa shape index (κ2) is 5.14. The van der Waals surface area contributed by atoms with Crippen molar-refractivity contribution in [2.24, 2.45) is 11.5 Å². The van der Waals surface area contributed by atoms with Crippen LogP contribution in [0.1, 0.15) is 24.2 Å². The summed E-state index contributed by atoms with van der Waals surface area (Å²) in [5.41, 5.74) is 10.4. The number of nitrogens with two attached hydrogens (primary N) is 2. The van der Waals surface area contributed by atoms with E-state index in [4.69, 9.17) is 11.5 Å². The monoisotopic (exact) mass is 286 g/mol. The molecule has 0 spiro atoms. The van der Waals surface area contributed by atoms with Crippen LogP contribution in [0.25, 0.3) is 0 Å². The summed E-state index contributed by atoms with van der Waals surface area (Å²) in [4.78, 5) is 14.9. The van der Waals surface area contributed by atoms with E-state index in [9.17, 15) is 13.2 Å². The molecule has 1 amide bonds. The number of hydrogen-bond donors (Lipinski definition) is 2. The summed E-state index contributed by atoms with van der Waals surface area (Å²) in [6.45, 7) is 3.50. The lowest BCUT2D eigenvalue weighted by atomic mass is 10.1. The fourth-order valence-corrected chi connectivity index (χ4v) is 2.43. The molecule has 0 aliphatic rings. The Morgan fingerprint density at radius 1 is 1.42 bits per heavy atom. The van der Waals surface area contributed by atoms with Crippen LogP contribution in [0, 0.1) is 0 Å². The van der Waals surface area contributed by atoms with Gasteiger partial charge < -0.3 is 11.5 Å². The molecular formula is C11H18N4O3S. The maximum atomic E-state index is 11.8. The summed E-state index contributed by atoms with van der Waals surface area (Å²) in [5, 5.41) is 0. The van der Waals surface area contributed by atoms with Crippen LogP contribution in [0.2, 0.25) is 0 Å². The first-order valence-corrected chi connectivity index (χ1v) is 7.38. The molecule has 0 radical (unpaired) electrons. The SMILES string of the molecule is CC(C)(N)CN(c1ccc(C(N)=O)cn1)S(C)(=O)=O. The molecule has 0 aliphatic heterocycles. The maximum absolute atomic E-state index is 11.8. The third-order valence-electron chi connectivity index (χ3n) is 2.24. The van der Waals surface area contributed by atoms with E-state index in [0.29, 0.717) is 0 Å². The molecule has 1 heterocycles. The molecule has 0 bridgehead atoms. The minimum absolute atomic E-state index is 0.0781. The lowest BCUT2D eigenvalue weighted by molar-refractivity contribution is 0.1000. The number of sulfonamides is 1. The first kappa shape index (κ1) is 15.4. The topological polar surface area (TPSA) is 119 Å². The van der Waals surface area contributed by atoms with Crippen LogP contribution in [0.4, 0.5) is 5.82 Å². The van der Waals surface area contributed by atoms with E-state index in [1.165, 1.54) is 18.3 Å². The van der Waals surface area contributed by atoms with Gasteiger partial charge in [-0.05, 0) is 26.0 Å². The summed E-state index contributed by atoms with van der Waals surface area (Å²) >= 11 is 0. The molecule has 0 aliphatic carbocycles. The second-order valence-corrected chi connectivity index (χ2v) is 6.93. The molecule has 0 saturated carbocycles. The molecule has 4 N–H and O–H groups in total. The number of hydrogen-bond acceptors (Lipinski definition) is 5. The zero-order valence-electron chi connectivity index (χ0n) is 11.1. The van der Waals surface area contributed by atoms with Crippen LogP contribution in [-0.4, -0.2) is 37.6 Å². The van der Waals surface area contributed by atoms with Gasteiger partial charge in [0.2, 0.25) is 15.9 Å². The molecule has 0 atom stereocenters. The number of amides is 1. The van der Waals surface area contributed by atoms with Crippen LogP contribution in [-0.2, 0) is 10.0 Å². The first-order valence-electron chi connectivity index (χ1n) is 5.53. The van der Waals surface area contributed by atoms with Crippen molar-refractivity contribution >= 4 is 21.7 Å². The van der Waals surface area contributed by atoms with Gasteiger partial charge in [0.15, 0.2) is 0 Å². The predicted molar refractivity (Wildman–Crippen MR) is 73.2 cm³/mol. The van der Waals surface area contributed by atoms with Gasteiger partial charge in [-0.15, -0.1) is 0 Å². The van der Waals surface area contributed by atoms with Crippen LogP contribution < -0.4 is 15.8 Å². The Hall–Kier alpha value is -1.67. The normalized spacial score (nSPS) is 12.2. The molecule has 1 aromatic rings. The summed E-state index contributed by atoms with van der Waals surface area (Å²) in [7, 11) is -3.51. The van der Waals surface area contributed by atoms with E-state index in [1.54, 1.807) is 13.8 Å². The van der Waals surface area contributed by atoms with Gasteiger partial charge in [-0.3, -0.25) is 9.10 Å². The number of rotatable bonds is 5. The van der Waals surface area contributed by atoms with Gasteiger partial charge in [-0.25, -0.2) is 13.4 Å². The lowest BCUT2D eigenvalue weighted by Gasteiger charge is -2.28. The number of carbonyl (C=O) groups is 1. The summed E-state index contributed by atoms with van der Waals surface area (Å²) in [6.07, 6.45) is 2.31. The van der Waals surface area contributed by atoms with Gasteiger partial charge in [-0.1, -0.05) is 0 Å². The van der Waals surface area contributed by atoms with Gasteiger partial charge in [0, 0.05) is 11.7 Å². The van der Waals surface area contributed by atoms with Crippen molar-refractivity contribution in [2.75, 3.05) is 17.1 Å². The number of anilines is 1.